The molecule has 2 aromatic rings. The summed E-state index contributed by atoms with van der Waals surface area (Å²) in [6.07, 6.45) is 9.22. The molecule has 0 amide bonds. The van der Waals surface area contributed by atoms with E-state index in [0.717, 1.165) is 38.5 Å². The van der Waals surface area contributed by atoms with Crippen LogP contribution in [0.15, 0.2) is 36.4 Å². The molecule has 0 aliphatic heterocycles. The Labute approximate surface area is 228 Å². The maximum Gasteiger partial charge on any atom is 0.193 e. The second kappa shape index (κ2) is 12.9. The third-order valence-electron chi connectivity index (χ3n) is 8.07. The van der Waals surface area contributed by atoms with Gasteiger partial charge in [-0.3, -0.25) is 4.79 Å². The SMILES string of the molecule is COc1cc(C(=O)c2ccc(OC3CCCCC3N(C)C)c(OC)c2)ccc1OC1CCCCC1N(C)C. The average molecular weight is 525 g/mol. The molecule has 0 saturated heterocycles. The lowest BCUT2D eigenvalue weighted by molar-refractivity contribution is 0.0601. The van der Waals surface area contributed by atoms with Crippen molar-refractivity contribution in [3.8, 4) is 23.0 Å². The van der Waals surface area contributed by atoms with Crippen LogP contribution in [0.4, 0.5) is 0 Å². The van der Waals surface area contributed by atoms with Gasteiger partial charge >= 0.3 is 0 Å². The number of rotatable bonds is 10. The standard InChI is InChI=1S/C31H44N2O5/c1-32(2)23-11-7-9-13-25(23)37-27-17-15-21(19-29(27)35-5)31(34)22-16-18-28(30(20-22)36-6)38-26-14-10-8-12-24(26)33(3)4/h15-20,23-26H,7-14H2,1-6H3. The fourth-order valence-corrected chi connectivity index (χ4v) is 5.92. The van der Waals surface area contributed by atoms with E-state index in [-0.39, 0.29) is 18.0 Å². The first-order valence-electron chi connectivity index (χ1n) is 13.9. The summed E-state index contributed by atoms with van der Waals surface area (Å²) in [5.74, 6) is 2.38. The molecule has 38 heavy (non-hydrogen) atoms. The van der Waals surface area contributed by atoms with E-state index in [4.69, 9.17) is 18.9 Å². The lowest BCUT2D eigenvalue weighted by Gasteiger charge is -2.36. The van der Waals surface area contributed by atoms with Crippen LogP contribution >= 0.6 is 0 Å². The van der Waals surface area contributed by atoms with Crippen LogP contribution in [0, 0.1) is 0 Å². The molecule has 4 rings (SSSR count). The van der Waals surface area contributed by atoms with Crippen LogP contribution in [0.25, 0.3) is 0 Å². The molecule has 4 unspecified atom stereocenters. The predicted octanol–water partition coefficient (Wildman–Crippen LogP) is 5.44. The van der Waals surface area contributed by atoms with Gasteiger partial charge in [0.1, 0.15) is 12.2 Å². The van der Waals surface area contributed by atoms with Gasteiger partial charge in [-0.05, 0) is 103 Å². The third-order valence-corrected chi connectivity index (χ3v) is 8.07. The number of likely N-dealkylation sites (N-methyl/N-ethyl adjacent to an activating group) is 2. The molecule has 0 N–H and O–H groups in total. The van der Waals surface area contributed by atoms with Crippen LogP contribution in [0.1, 0.15) is 67.3 Å². The van der Waals surface area contributed by atoms with Crippen LogP contribution in [0.2, 0.25) is 0 Å². The van der Waals surface area contributed by atoms with E-state index < -0.39 is 0 Å². The number of methoxy groups -OCH3 is 2. The Balaban J connectivity index is 1.51. The molecule has 2 aliphatic carbocycles. The average Bonchev–Trinajstić information content (AvgIpc) is 2.93. The highest BCUT2D eigenvalue weighted by molar-refractivity contribution is 6.09. The first-order valence-corrected chi connectivity index (χ1v) is 13.9. The van der Waals surface area contributed by atoms with Crippen LogP contribution in [0.3, 0.4) is 0 Å². The summed E-state index contributed by atoms with van der Waals surface area (Å²) in [6.45, 7) is 0. The number of ether oxygens (including phenoxy) is 4. The second-order valence-corrected chi connectivity index (χ2v) is 11.0. The molecule has 2 saturated carbocycles. The molecule has 0 radical (unpaired) electrons. The van der Waals surface area contributed by atoms with Crippen molar-refractivity contribution >= 4 is 5.78 Å². The molecule has 2 fully saturated rings. The van der Waals surface area contributed by atoms with Gasteiger partial charge in [-0.15, -0.1) is 0 Å². The minimum atomic E-state index is -0.104. The lowest BCUT2D eigenvalue weighted by atomic mass is 9.91. The largest absolute Gasteiger partial charge is 0.493 e. The summed E-state index contributed by atoms with van der Waals surface area (Å²) in [4.78, 5) is 17.9. The zero-order valence-electron chi connectivity index (χ0n) is 23.9. The van der Waals surface area contributed by atoms with Crippen molar-refractivity contribution in [2.24, 2.45) is 0 Å². The normalized spacial score (nSPS) is 23.8. The third kappa shape index (κ3) is 6.44. The van der Waals surface area contributed by atoms with Crippen LogP contribution in [-0.4, -0.2) is 82.3 Å². The van der Waals surface area contributed by atoms with Gasteiger partial charge < -0.3 is 28.7 Å². The molecule has 0 spiro atoms. The van der Waals surface area contributed by atoms with E-state index in [9.17, 15) is 4.79 Å². The van der Waals surface area contributed by atoms with E-state index in [1.807, 2.05) is 24.3 Å². The van der Waals surface area contributed by atoms with Gasteiger partial charge in [-0.2, -0.15) is 0 Å². The van der Waals surface area contributed by atoms with E-state index >= 15 is 0 Å². The summed E-state index contributed by atoms with van der Waals surface area (Å²) in [7, 11) is 11.6. The van der Waals surface area contributed by atoms with Crippen LogP contribution < -0.4 is 18.9 Å². The molecular formula is C31H44N2O5. The van der Waals surface area contributed by atoms with Crippen molar-refractivity contribution in [1.82, 2.24) is 9.80 Å². The summed E-state index contributed by atoms with van der Waals surface area (Å²) < 4.78 is 24.1. The van der Waals surface area contributed by atoms with E-state index in [1.165, 1.54) is 12.8 Å². The molecule has 0 aromatic heterocycles. The van der Waals surface area contributed by atoms with Crippen molar-refractivity contribution in [3.63, 3.8) is 0 Å². The zero-order valence-corrected chi connectivity index (χ0v) is 23.9. The minimum Gasteiger partial charge on any atom is -0.493 e. The van der Waals surface area contributed by atoms with Crippen molar-refractivity contribution in [2.75, 3.05) is 42.4 Å². The molecule has 0 bridgehead atoms. The van der Waals surface area contributed by atoms with E-state index in [0.29, 0.717) is 46.2 Å². The second-order valence-electron chi connectivity index (χ2n) is 11.0. The molecule has 7 heteroatoms. The van der Waals surface area contributed by atoms with Gasteiger partial charge in [-0.1, -0.05) is 12.8 Å². The lowest BCUT2D eigenvalue weighted by Crippen LogP contribution is -2.44. The number of hydrogen-bond acceptors (Lipinski definition) is 7. The van der Waals surface area contributed by atoms with Gasteiger partial charge in [0, 0.05) is 23.2 Å². The van der Waals surface area contributed by atoms with E-state index in [2.05, 4.69) is 38.0 Å². The van der Waals surface area contributed by atoms with Gasteiger partial charge in [0.25, 0.3) is 0 Å². The Bertz CT molecular complexity index is 1000. The molecule has 2 aromatic carbocycles. The van der Waals surface area contributed by atoms with Gasteiger partial charge in [0.2, 0.25) is 0 Å². The first-order chi connectivity index (χ1) is 18.3. The summed E-state index contributed by atoms with van der Waals surface area (Å²) in [6, 6.07) is 11.6. The quantitative estimate of drug-likeness (QED) is 0.384. The van der Waals surface area contributed by atoms with Crippen molar-refractivity contribution in [1.29, 1.82) is 0 Å². The Morgan fingerprint density at radius 3 is 1.39 bits per heavy atom. The topological polar surface area (TPSA) is 60.5 Å². The fourth-order valence-electron chi connectivity index (χ4n) is 5.92. The molecular weight excluding hydrogens is 480 g/mol. The van der Waals surface area contributed by atoms with Gasteiger partial charge in [-0.25, -0.2) is 0 Å². The summed E-state index contributed by atoms with van der Waals surface area (Å²) in [5, 5.41) is 0. The number of hydrogen-bond donors (Lipinski definition) is 0. The number of carbonyl (C=O) groups excluding carboxylic acids is 1. The van der Waals surface area contributed by atoms with Gasteiger partial charge in [0.15, 0.2) is 28.8 Å². The highest BCUT2D eigenvalue weighted by Crippen LogP contribution is 2.36. The number of carbonyl (C=O) groups is 1. The highest BCUT2D eigenvalue weighted by Gasteiger charge is 2.30. The molecule has 4 atom stereocenters. The van der Waals surface area contributed by atoms with Crippen molar-refractivity contribution in [2.45, 2.75) is 75.7 Å². The van der Waals surface area contributed by atoms with Crippen LogP contribution in [-0.2, 0) is 0 Å². The van der Waals surface area contributed by atoms with Crippen molar-refractivity contribution < 1.29 is 23.7 Å². The predicted molar refractivity (Wildman–Crippen MR) is 150 cm³/mol. The Morgan fingerprint density at radius 1 is 0.632 bits per heavy atom. The van der Waals surface area contributed by atoms with Crippen LogP contribution in [0.5, 0.6) is 23.0 Å². The molecule has 208 valence electrons. The Morgan fingerprint density at radius 2 is 1.03 bits per heavy atom. The zero-order chi connectivity index (χ0) is 27.2. The number of benzene rings is 2. The molecule has 7 nitrogen and oxygen atoms in total. The number of nitrogens with zero attached hydrogens (tertiary/aromatic N) is 2. The molecule has 0 heterocycles. The maximum atomic E-state index is 13.5. The van der Waals surface area contributed by atoms with E-state index in [1.54, 1.807) is 26.4 Å². The Hall–Kier alpha value is -2.77. The first kappa shape index (κ1) is 28.2. The molecule has 2 aliphatic rings. The fraction of sp³-hybridized carbons (Fsp3) is 0.581. The summed E-state index contributed by atoms with van der Waals surface area (Å²) in [5.41, 5.74) is 1.08. The minimum absolute atomic E-state index is 0.0993. The monoisotopic (exact) mass is 524 g/mol. The smallest absolute Gasteiger partial charge is 0.193 e. The summed E-state index contributed by atoms with van der Waals surface area (Å²) >= 11 is 0. The highest BCUT2D eigenvalue weighted by atomic mass is 16.5. The van der Waals surface area contributed by atoms with Crippen molar-refractivity contribution in [3.05, 3.63) is 47.5 Å². The van der Waals surface area contributed by atoms with Gasteiger partial charge in [0.05, 0.1) is 14.2 Å². The Kier molecular flexibility index (Phi) is 9.55. The maximum absolute atomic E-state index is 13.5. The number of ketones is 1.